The number of ether oxygens (including phenoxy) is 4. The molecule has 0 spiro atoms. The molecule has 0 saturated carbocycles. The second kappa shape index (κ2) is 8.97. The van der Waals surface area contributed by atoms with Crippen LogP contribution in [0.15, 0.2) is 36.4 Å². The standard InChI is InChI=1S/C20H22ClNO5/c1-24-18-11-19(25-2)17(10-16(18)21)22-20(23)13-5-3-6-14(9-13)27-12-15-7-4-8-26-15/h3,5-6,9-11,15H,4,7-8,12H2,1-2H3,(H,22,23). The summed E-state index contributed by atoms with van der Waals surface area (Å²) in [5.41, 5.74) is 0.924. The Hall–Kier alpha value is -2.44. The van der Waals surface area contributed by atoms with E-state index in [9.17, 15) is 4.79 Å². The maximum absolute atomic E-state index is 12.6. The molecule has 0 bridgehead atoms. The van der Waals surface area contributed by atoms with Gasteiger partial charge in [0, 0.05) is 18.2 Å². The highest BCUT2D eigenvalue weighted by atomic mass is 35.5. The smallest absolute Gasteiger partial charge is 0.255 e. The molecule has 1 unspecified atom stereocenters. The molecule has 0 radical (unpaired) electrons. The minimum atomic E-state index is -0.294. The van der Waals surface area contributed by atoms with Gasteiger partial charge in [-0.25, -0.2) is 0 Å². The Bertz CT molecular complexity index is 805. The Kier molecular flexibility index (Phi) is 6.42. The third-order valence-electron chi connectivity index (χ3n) is 4.28. The summed E-state index contributed by atoms with van der Waals surface area (Å²) in [6.45, 7) is 1.26. The van der Waals surface area contributed by atoms with Gasteiger partial charge in [-0.3, -0.25) is 4.79 Å². The van der Waals surface area contributed by atoms with Gasteiger partial charge in [0.1, 0.15) is 23.9 Å². The van der Waals surface area contributed by atoms with Gasteiger partial charge < -0.3 is 24.3 Å². The van der Waals surface area contributed by atoms with E-state index >= 15 is 0 Å². The van der Waals surface area contributed by atoms with Gasteiger partial charge in [0.05, 0.1) is 31.0 Å². The van der Waals surface area contributed by atoms with Crippen LogP contribution in [0.4, 0.5) is 5.69 Å². The first kappa shape index (κ1) is 19.3. The number of rotatable bonds is 7. The van der Waals surface area contributed by atoms with Crippen LogP contribution in [0.1, 0.15) is 23.2 Å². The van der Waals surface area contributed by atoms with Crippen molar-refractivity contribution < 1.29 is 23.7 Å². The summed E-state index contributed by atoms with van der Waals surface area (Å²) in [4.78, 5) is 12.6. The Morgan fingerprint density at radius 3 is 2.74 bits per heavy atom. The predicted octanol–water partition coefficient (Wildman–Crippen LogP) is 4.17. The zero-order chi connectivity index (χ0) is 19.2. The highest BCUT2D eigenvalue weighted by molar-refractivity contribution is 6.32. The number of anilines is 1. The van der Waals surface area contributed by atoms with Gasteiger partial charge in [0.25, 0.3) is 5.91 Å². The molecule has 1 saturated heterocycles. The number of hydrogen-bond acceptors (Lipinski definition) is 5. The molecule has 0 aromatic heterocycles. The Balaban J connectivity index is 1.70. The molecule has 3 rings (SSSR count). The molecule has 0 aliphatic carbocycles. The molecule has 2 aromatic rings. The highest BCUT2D eigenvalue weighted by Gasteiger charge is 2.17. The van der Waals surface area contributed by atoms with Crippen molar-refractivity contribution in [1.29, 1.82) is 0 Å². The topological polar surface area (TPSA) is 66.0 Å². The number of halogens is 1. The average molecular weight is 392 g/mol. The number of methoxy groups -OCH3 is 2. The number of carbonyl (C=O) groups excluding carboxylic acids is 1. The van der Waals surface area contributed by atoms with Crippen LogP contribution in [0, 0.1) is 0 Å². The van der Waals surface area contributed by atoms with Crippen LogP contribution in [0.3, 0.4) is 0 Å². The Labute approximate surface area is 163 Å². The maximum Gasteiger partial charge on any atom is 0.255 e. The molecule has 1 atom stereocenters. The fourth-order valence-electron chi connectivity index (χ4n) is 2.84. The summed E-state index contributed by atoms with van der Waals surface area (Å²) in [6, 6.07) is 10.2. The fourth-order valence-corrected chi connectivity index (χ4v) is 3.09. The van der Waals surface area contributed by atoms with E-state index in [1.54, 1.807) is 30.3 Å². The van der Waals surface area contributed by atoms with Gasteiger partial charge >= 0.3 is 0 Å². The number of carbonyl (C=O) groups is 1. The Morgan fingerprint density at radius 2 is 2.04 bits per heavy atom. The molecule has 1 amide bonds. The first-order valence-electron chi connectivity index (χ1n) is 8.68. The second-order valence-corrected chi connectivity index (χ2v) is 6.52. The summed E-state index contributed by atoms with van der Waals surface area (Å²) < 4.78 is 21.8. The van der Waals surface area contributed by atoms with E-state index in [1.807, 2.05) is 6.07 Å². The monoisotopic (exact) mass is 391 g/mol. The van der Waals surface area contributed by atoms with Gasteiger partial charge in [-0.15, -0.1) is 0 Å². The minimum Gasteiger partial charge on any atom is -0.495 e. The molecule has 1 heterocycles. The molecule has 7 heteroatoms. The van der Waals surface area contributed by atoms with Crippen LogP contribution in [-0.4, -0.2) is 39.4 Å². The summed E-state index contributed by atoms with van der Waals surface area (Å²) in [5, 5.41) is 3.19. The van der Waals surface area contributed by atoms with Crippen molar-refractivity contribution in [2.45, 2.75) is 18.9 Å². The number of hydrogen-bond donors (Lipinski definition) is 1. The summed E-state index contributed by atoms with van der Waals surface area (Å²) in [5.74, 6) is 1.25. The third-order valence-corrected chi connectivity index (χ3v) is 4.57. The number of benzene rings is 2. The largest absolute Gasteiger partial charge is 0.495 e. The minimum absolute atomic E-state index is 0.119. The zero-order valence-corrected chi connectivity index (χ0v) is 16.0. The molecule has 1 aliphatic rings. The molecule has 144 valence electrons. The van der Waals surface area contributed by atoms with Crippen molar-refractivity contribution in [3.05, 3.63) is 47.0 Å². The van der Waals surface area contributed by atoms with E-state index in [-0.39, 0.29) is 12.0 Å². The highest BCUT2D eigenvalue weighted by Crippen LogP contribution is 2.36. The van der Waals surface area contributed by atoms with Gasteiger partial charge in [0.15, 0.2) is 0 Å². The van der Waals surface area contributed by atoms with Crippen LogP contribution >= 0.6 is 11.6 Å². The maximum atomic E-state index is 12.6. The van der Waals surface area contributed by atoms with Crippen molar-refractivity contribution in [2.24, 2.45) is 0 Å². The first-order chi connectivity index (χ1) is 13.1. The van der Waals surface area contributed by atoms with Crippen LogP contribution in [0.5, 0.6) is 17.2 Å². The van der Waals surface area contributed by atoms with Crippen molar-refractivity contribution in [3.8, 4) is 17.2 Å². The van der Waals surface area contributed by atoms with Crippen molar-refractivity contribution in [1.82, 2.24) is 0 Å². The lowest BCUT2D eigenvalue weighted by molar-refractivity contribution is 0.0679. The number of nitrogens with one attached hydrogen (secondary N) is 1. The van der Waals surface area contributed by atoms with Gasteiger partial charge in [-0.05, 0) is 37.1 Å². The SMILES string of the molecule is COc1cc(OC)c(NC(=O)c2cccc(OCC3CCCO3)c2)cc1Cl. The van der Waals surface area contributed by atoms with E-state index in [4.69, 9.17) is 30.5 Å². The van der Waals surface area contributed by atoms with E-state index in [0.29, 0.717) is 40.1 Å². The summed E-state index contributed by atoms with van der Waals surface area (Å²) in [6.07, 6.45) is 2.18. The van der Waals surface area contributed by atoms with Crippen molar-refractivity contribution in [2.75, 3.05) is 32.8 Å². The third kappa shape index (κ3) is 4.84. The van der Waals surface area contributed by atoms with Crippen LogP contribution in [0.2, 0.25) is 5.02 Å². The molecule has 2 aromatic carbocycles. The van der Waals surface area contributed by atoms with E-state index < -0.39 is 0 Å². The normalized spacial score (nSPS) is 16.0. The molecule has 1 aliphatic heterocycles. The van der Waals surface area contributed by atoms with Crippen LogP contribution in [0.25, 0.3) is 0 Å². The van der Waals surface area contributed by atoms with Gasteiger partial charge in [-0.2, -0.15) is 0 Å². The van der Waals surface area contributed by atoms with Gasteiger partial charge in [0.2, 0.25) is 0 Å². The lowest BCUT2D eigenvalue weighted by atomic mass is 10.2. The van der Waals surface area contributed by atoms with Gasteiger partial charge in [-0.1, -0.05) is 17.7 Å². The quantitative estimate of drug-likeness (QED) is 0.767. The van der Waals surface area contributed by atoms with E-state index in [1.165, 1.54) is 14.2 Å². The molecule has 27 heavy (non-hydrogen) atoms. The molecule has 6 nitrogen and oxygen atoms in total. The summed E-state index contributed by atoms with van der Waals surface area (Å²) >= 11 is 6.15. The predicted molar refractivity (Wildman–Crippen MR) is 103 cm³/mol. The fraction of sp³-hybridized carbons (Fsp3) is 0.350. The van der Waals surface area contributed by atoms with E-state index in [2.05, 4.69) is 5.32 Å². The molecular formula is C20H22ClNO5. The van der Waals surface area contributed by atoms with Crippen LogP contribution in [-0.2, 0) is 4.74 Å². The molecule has 1 N–H and O–H groups in total. The zero-order valence-electron chi connectivity index (χ0n) is 15.3. The Morgan fingerprint density at radius 1 is 1.22 bits per heavy atom. The van der Waals surface area contributed by atoms with Crippen LogP contribution < -0.4 is 19.5 Å². The first-order valence-corrected chi connectivity index (χ1v) is 9.06. The lowest BCUT2D eigenvalue weighted by Crippen LogP contribution is -2.17. The summed E-state index contributed by atoms with van der Waals surface area (Å²) in [7, 11) is 3.03. The lowest BCUT2D eigenvalue weighted by Gasteiger charge is -2.14. The average Bonchev–Trinajstić information content (AvgIpc) is 3.20. The molecule has 1 fully saturated rings. The van der Waals surface area contributed by atoms with E-state index in [0.717, 1.165) is 19.4 Å². The van der Waals surface area contributed by atoms with Crippen molar-refractivity contribution in [3.63, 3.8) is 0 Å². The number of amides is 1. The van der Waals surface area contributed by atoms with Crippen molar-refractivity contribution >= 4 is 23.2 Å². The second-order valence-electron chi connectivity index (χ2n) is 6.12. The molecular weight excluding hydrogens is 370 g/mol.